The van der Waals surface area contributed by atoms with Gasteiger partial charge in [-0.15, -0.1) is 0 Å². The number of aliphatic hydroxyl groups is 1. The molecule has 0 aliphatic rings. The van der Waals surface area contributed by atoms with Crippen LogP contribution in [0.25, 0.3) is 0 Å². The fourth-order valence-corrected chi connectivity index (χ4v) is 1.93. The standard InChI is InChI=1S/C14H24N6O8/c1-5(21)11(20-12(26)6(15)2-8(16)22)14(28)19-7(3-9(17)23)13(27)18-4-10(24)25/h5-7,11,21H,2-4,15H2,1H3,(H2,16,22)(H2,17,23)(H,18,27)(H,19,28)(H,20,26)(H,24,25). The monoisotopic (exact) mass is 404 g/mol. The molecule has 0 aromatic carbocycles. The maximum Gasteiger partial charge on any atom is 0.322 e. The van der Waals surface area contributed by atoms with E-state index in [4.69, 9.17) is 22.3 Å². The molecule has 0 spiro atoms. The van der Waals surface area contributed by atoms with Crippen molar-refractivity contribution in [1.29, 1.82) is 0 Å². The number of carbonyl (C=O) groups is 6. The van der Waals surface area contributed by atoms with Crippen LogP contribution in [-0.4, -0.2) is 76.5 Å². The van der Waals surface area contributed by atoms with Gasteiger partial charge in [-0.25, -0.2) is 0 Å². The lowest BCUT2D eigenvalue weighted by Gasteiger charge is -2.25. The molecule has 0 aromatic heterocycles. The molecule has 14 nitrogen and oxygen atoms in total. The third kappa shape index (κ3) is 9.44. The second-order valence-corrected chi connectivity index (χ2v) is 5.85. The Bertz CT molecular complexity index is 637. The van der Waals surface area contributed by atoms with Crippen molar-refractivity contribution >= 4 is 35.5 Å². The van der Waals surface area contributed by atoms with Gasteiger partial charge in [0.2, 0.25) is 29.5 Å². The van der Waals surface area contributed by atoms with Crippen LogP contribution < -0.4 is 33.2 Å². The van der Waals surface area contributed by atoms with Gasteiger partial charge in [0.05, 0.1) is 25.0 Å². The molecule has 0 fully saturated rings. The Morgan fingerprint density at radius 3 is 1.86 bits per heavy atom. The Hall–Kier alpha value is -3.26. The summed E-state index contributed by atoms with van der Waals surface area (Å²) < 4.78 is 0. The lowest BCUT2D eigenvalue weighted by molar-refractivity contribution is -0.139. The van der Waals surface area contributed by atoms with Crippen molar-refractivity contribution in [2.24, 2.45) is 17.2 Å². The Morgan fingerprint density at radius 2 is 1.43 bits per heavy atom. The number of nitrogens with two attached hydrogens (primary N) is 3. The molecule has 158 valence electrons. The molecule has 0 bridgehead atoms. The second kappa shape index (κ2) is 11.5. The van der Waals surface area contributed by atoms with E-state index in [1.807, 2.05) is 5.32 Å². The van der Waals surface area contributed by atoms with Crippen LogP contribution in [0.15, 0.2) is 0 Å². The highest BCUT2D eigenvalue weighted by molar-refractivity contribution is 5.96. The lowest BCUT2D eigenvalue weighted by atomic mass is 10.1. The van der Waals surface area contributed by atoms with Gasteiger partial charge in [0.1, 0.15) is 18.6 Å². The summed E-state index contributed by atoms with van der Waals surface area (Å²) in [5.74, 6) is -6.27. The summed E-state index contributed by atoms with van der Waals surface area (Å²) in [4.78, 5) is 68.6. The third-order valence-corrected chi connectivity index (χ3v) is 3.27. The van der Waals surface area contributed by atoms with E-state index in [0.717, 1.165) is 6.92 Å². The molecule has 14 heteroatoms. The number of hydrogen-bond acceptors (Lipinski definition) is 8. The van der Waals surface area contributed by atoms with Crippen LogP contribution in [0.1, 0.15) is 19.8 Å². The molecule has 11 N–H and O–H groups in total. The third-order valence-electron chi connectivity index (χ3n) is 3.27. The summed E-state index contributed by atoms with van der Waals surface area (Å²) in [6.07, 6.45) is -2.64. The fraction of sp³-hybridized carbons (Fsp3) is 0.571. The summed E-state index contributed by atoms with van der Waals surface area (Å²) in [5, 5.41) is 24.4. The van der Waals surface area contributed by atoms with Crippen LogP contribution in [0.2, 0.25) is 0 Å². The number of primary amides is 2. The summed E-state index contributed by atoms with van der Waals surface area (Å²) in [6.45, 7) is 0.375. The van der Waals surface area contributed by atoms with Crippen LogP contribution >= 0.6 is 0 Å². The zero-order valence-electron chi connectivity index (χ0n) is 15.0. The molecule has 0 rings (SSSR count). The van der Waals surface area contributed by atoms with Crippen molar-refractivity contribution in [3.8, 4) is 0 Å². The summed E-state index contributed by atoms with van der Waals surface area (Å²) in [7, 11) is 0. The molecule has 4 unspecified atom stereocenters. The predicted octanol–water partition coefficient (Wildman–Crippen LogP) is -5.38. The van der Waals surface area contributed by atoms with Gasteiger partial charge in [-0.05, 0) is 6.92 Å². The summed E-state index contributed by atoms with van der Waals surface area (Å²) in [5.41, 5.74) is 15.4. The lowest BCUT2D eigenvalue weighted by Crippen LogP contribution is -2.59. The molecule has 0 heterocycles. The Morgan fingerprint density at radius 1 is 0.893 bits per heavy atom. The highest BCUT2D eigenvalue weighted by atomic mass is 16.4. The maximum absolute atomic E-state index is 12.3. The van der Waals surface area contributed by atoms with Crippen molar-refractivity contribution in [3.05, 3.63) is 0 Å². The number of aliphatic carboxylic acids is 1. The average Bonchev–Trinajstić information content (AvgIpc) is 2.54. The molecule has 0 radical (unpaired) electrons. The van der Waals surface area contributed by atoms with E-state index in [1.165, 1.54) is 0 Å². The first-order valence-corrected chi connectivity index (χ1v) is 7.95. The smallest absolute Gasteiger partial charge is 0.322 e. The van der Waals surface area contributed by atoms with Crippen LogP contribution in [-0.2, 0) is 28.8 Å². The molecular formula is C14H24N6O8. The second-order valence-electron chi connectivity index (χ2n) is 5.85. The molecule has 28 heavy (non-hydrogen) atoms. The first kappa shape index (κ1) is 24.7. The number of carbonyl (C=O) groups excluding carboxylic acids is 5. The number of carboxylic acid groups (broad SMARTS) is 1. The number of amides is 5. The molecular weight excluding hydrogens is 380 g/mol. The molecule has 0 saturated carbocycles. The van der Waals surface area contributed by atoms with Gasteiger partial charge < -0.3 is 43.4 Å². The highest BCUT2D eigenvalue weighted by Crippen LogP contribution is 2.00. The van der Waals surface area contributed by atoms with Crippen LogP contribution in [0.4, 0.5) is 0 Å². The van der Waals surface area contributed by atoms with Gasteiger partial charge in [-0.2, -0.15) is 0 Å². The van der Waals surface area contributed by atoms with Gasteiger partial charge in [-0.1, -0.05) is 0 Å². The van der Waals surface area contributed by atoms with Gasteiger partial charge >= 0.3 is 5.97 Å². The SMILES string of the molecule is CC(O)C(NC(=O)C(N)CC(N)=O)C(=O)NC(CC(N)=O)C(=O)NCC(=O)O. The van der Waals surface area contributed by atoms with Crippen molar-refractivity contribution in [2.75, 3.05) is 6.54 Å². The van der Waals surface area contributed by atoms with Crippen molar-refractivity contribution in [1.82, 2.24) is 16.0 Å². The van der Waals surface area contributed by atoms with Gasteiger partial charge in [0, 0.05) is 0 Å². The van der Waals surface area contributed by atoms with Crippen LogP contribution in [0.3, 0.4) is 0 Å². The topological polar surface area (TPSA) is 257 Å². The van der Waals surface area contributed by atoms with Crippen LogP contribution in [0.5, 0.6) is 0 Å². The van der Waals surface area contributed by atoms with Gasteiger partial charge in [0.25, 0.3) is 0 Å². The highest BCUT2D eigenvalue weighted by Gasteiger charge is 2.32. The van der Waals surface area contributed by atoms with E-state index in [1.54, 1.807) is 0 Å². The number of nitrogens with one attached hydrogen (secondary N) is 3. The number of rotatable bonds is 12. The average molecular weight is 404 g/mol. The Labute approximate surface area is 159 Å². The Kier molecular flexibility index (Phi) is 10.1. The predicted molar refractivity (Wildman–Crippen MR) is 91.8 cm³/mol. The summed E-state index contributed by atoms with van der Waals surface area (Å²) >= 11 is 0. The van der Waals surface area contributed by atoms with Gasteiger partial charge in [-0.3, -0.25) is 28.8 Å². The van der Waals surface area contributed by atoms with Crippen molar-refractivity contribution in [2.45, 2.75) is 44.0 Å². The van der Waals surface area contributed by atoms with Crippen molar-refractivity contribution in [3.63, 3.8) is 0 Å². The molecule has 5 amide bonds. The van der Waals surface area contributed by atoms with Crippen LogP contribution in [0, 0.1) is 0 Å². The maximum atomic E-state index is 12.3. The minimum atomic E-state index is -1.60. The quantitative estimate of drug-likeness (QED) is 0.154. The minimum Gasteiger partial charge on any atom is -0.480 e. The zero-order chi connectivity index (χ0) is 22.0. The van der Waals surface area contributed by atoms with E-state index in [9.17, 15) is 33.9 Å². The zero-order valence-corrected chi connectivity index (χ0v) is 15.0. The molecule has 0 aromatic rings. The number of carboxylic acids is 1. The van der Waals surface area contributed by atoms with E-state index < -0.39 is 79.1 Å². The van der Waals surface area contributed by atoms with E-state index in [0.29, 0.717) is 0 Å². The molecule has 4 atom stereocenters. The Balaban J connectivity index is 5.20. The van der Waals surface area contributed by atoms with E-state index in [-0.39, 0.29) is 0 Å². The minimum absolute atomic E-state index is 0.512. The van der Waals surface area contributed by atoms with E-state index in [2.05, 4.69) is 10.6 Å². The molecule has 0 aliphatic carbocycles. The molecule has 0 saturated heterocycles. The van der Waals surface area contributed by atoms with E-state index >= 15 is 0 Å². The van der Waals surface area contributed by atoms with Gasteiger partial charge in [0.15, 0.2) is 0 Å². The normalized spacial score (nSPS) is 14.7. The summed E-state index contributed by atoms with van der Waals surface area (Å²) in [6, 6.07) is -4.54. The fourth-order valence-electron chi connectivity index (χ4n) is 1.93. The first-order valence-electron chi connectivity index (χ1n) is 7.95. The number of hydrogen-bond donors (Lipinski definition) is 8. The molecule has 0 aliphatic heterocycles. The first-order chi connectivity index (χ1) is 12.8. The van der Waals surface area contributed by atoms with Crippen molar-refractivity contribution < 1.29 is 39.0 Å². The number of aliphatic hydroxyl groups excluding tert-OH is 1. The largest absolute Gasteiger partial charge is 0.480 e.